The number of hydrogen-bond acceptors (Lipinski definition) is 3. The Balaban J connectivity index is 2.08. The van der Waals surface area contributed by atoms with Crippen molar-refractivity contribution in [2.75, 3.05) is 18.6 Å². The van der Waals surface area contributed by atoms with Crippen molar-refractivity contribution in [3.63, 3.8) is 0 Å². The second-order valence-electron chi connectivity index (χ2n) is 3.55. The summed E-state index contributed by atoms with van der Waals surface area (Å²) in [6.07, 6.45) is 0.874. The van der Waals surface area contributed by atoms with Crippen LogP contribution in [0, 0.1) is 11.8 Å². The second-order valence-corrected chi connectivity index (χ2v) is 5.77. The van der Waals surface area contributed by atoms with Crippen molar-refractivity contribution in [1.82, 2.24) is 5.32 Å². The first-order valence-electron chi connectivity index (χ1n) is 4.02. The first-order chi connectivity index (χ1) is 5.14. The van der Waals surface area contributed by atoms with Crippen LogP contribution in [-0.4, -0.2) is 33.0 Å². The fourth-order valence-corrected chi connectivity index (χ4v) is 4.03. The molecule has 1 saturated carbocycles. The highest BCUT2D eigenvalue weighted by atomic mass is 32.2. The van der Waals surface area contributed by atoms with Crippen LogP contribution < -0.4 is 5.32 Å². The minimum atomic E-state index is -2.67. The molecule has 0 aromatic rings. The Morgan fingerprint density at radius 3 is 2.64 bits per heavy atom. The van der Waals surface area contributed by atoms with Crippen LogP contribution in [0.3, 0.4) is 0 Å². The van der Waals surface area contributed by atoms with E-state index < -0.39 is 9.84 Å². The maximum Gasteiger partial charge on any atom is 0.150 e. The Morgan fingerprint density at radius 2 is 2.09 bits per heavy atom. The van der Waals surface area contributed by atoms with Gasteiger partial charge in [-0.15, -0.1) is 0 Å². The minimum absolute atomic E-state index is 0.409. The Bertz CT molecular complexity index is 256. The average Bonchev–Trinajstić information content (AvgIpc) is 2.58. The third kappa shape index (κ3) is 1.18. The molecule has 2 fully saturated rings. The monoisotopic (exact) mass is 175 g/mol. The lowest BCUT2D eigenvalue weighted by molar-refractivity contribution is 0.568. The zero-order valence-electron chi connectivity index (χ0n) is 6.58. The quantitative estimate of drug-likeness (QED) is 0.592. The molecule has 0 amide bonds. The molecular formula is C7H13NO2S. The predicted octanol–water partition coefficient (Wildman–Crippen LogP) is -0.361. The Morgan fingerprint density at radius 1 is 1.36 bits per heavy atom. The zero-order valence-corrected chi connectivity index (χ0v) is 7.39. The Hall–Kier alpha value is -0.0900. The molecule has 11 heavy (non-hydrogen) atoms. The molecule has 0 bridgehead atoms. The number of nitrogens with one attached hydrogen (secondary N) is 1. The van der Waals surface area contributed by atoms with Crippen LogP contribution in [0.2, 0.25) is 0 Å². The molecule has 1 aliphatic carbocycles. The van der Waals surface area contributed by atoms with E-state index in [-0.39, 0.29) is 0 Å². The smallest absolute Gasteiger partial charge is 0.150 e. The summed E-state index contributed by atoms with van der Waals surface area (Å²) in [4.78, 5) is 0. The third-order valence-corrected chi connectivity index (χ3v) is 4.62. The highest BCUT2D eigenvalue weighted by molar-refractivity contribution is 7.91. The van der Waals surface area contributed by atoms with Gasteiger partial charge < -0.3 is 5.32 Å². The van der Waals surface area contributed by atoms with Crippen molar-refractivity contribution in [2.24, 2.45) is 11.8 Å². The summed E-state index contributed by atoms with van der Waals surface area (Å²) >= 11 is 0. The molecule has 1 N–H and O–H groups in total. The van der Waals surface area contributed by atoms with Crippen LogP contribution in [0.4, 0.5) is 0 Å². The van der Waals surface area contributed by atoms with E-state index in [4.69, 9.17) is 0 Å². The van der Waals surface area contributed by atoms with E-state index >= 15 is 0 Å². The van der Waals surface area contributed by atoms with E-state index in [1.54, 1.807) is 0 Å². The minimum Gasteiger partial charge on any atom is -0.316 e. The van der Waals surface area contributed by atoms with Gasteiger partial charge in [-0.2, -0.15) is 0 Å². The van der Waals surface area contributed by atoms with Gasteiger partial charge in [-0.3, -0.25) is 0 Å². The van der Waals surface area contributed by atoms with E-state index in [1.165, 1.54) is 0 Å². The van der Waals surface area contributed by atoms with Gasteiger partial charge in [0.2, 0.25) is 0 Å². The Kier molecular flexibility index (Phi) is 1.51. The molecule has 0 aromatic carbocycles. The van der Waals surface area contributed by atoms with Crippen molar-refractivity contribution in [1.29, 1.82) is 0 Å². The molecule has 1 saturated heterocycles. The second kappa shape index (κ2) is 2.20. The molecule has 4 heteroatoms. The predicted molar refractivity (Wildman–Crippen MR) is 43.1 cm³/mol. The van der Waals surface area contributed by atoms with Crippen LogP contribution in [0.1, 0.15) is 6.42 Å². The van der Waals surface area contributed by atoms with Gasteiger partial charge in [0.15, 0.2) is 9.84 Å². The zero-order chi connectivity index (χ0) is 8.06. The van der Waals surface area contributed by atoms with E-state index in [1.807, 2.05) is 7.05 Å². The highest BCUT2D eigenvalue weighted by Crippen LogP contribution is 2.45. The summed E-state index contributed by atoms with van der Waals surface area (Å²) in [5, 5.41) is 3.15. The van der Waals surface area contributed by atoms with Crippen LogP contribution >= 0.6 is 0 Å². The van der Waals surface area contributed by atoms with Gasteiger partial charge in [0.1, 0.15) is 0 Å². The van der Waals surface area contributed by atoms with E-state index in [9.17, 15) is 8.42 Å². The maximum atomic E-state index is 11.1. The topological polar surface area (TPSA) is 46.2 Å². The largest absolute Gasteiger partial charge is 0.316 e. The molecule has 3 unspecified atom stereocenters. The lowest BCUT2D eigenvalue weighted by atomic mass is 10.3. The lowest BCUT2D eigenvalue weighted by Crippen LogP contribution is -2.19. The van der Waals surface area contributed by atoms with Gasteiger partial charge >= 0.3 is 0 Å². The first kappa shape index (κ1) is 7.55. The Labute approximate surface area is 67.1 Å². The molecule has 3 atom stereocenters. The standard InChI is InChI=1S/C7H13NO2S/c1-8-7-5-2-3-11(9,10)4-6(5)7/h5-8H,2-4H2,1H3. The molecule has 64 valence electrons. The van der Waals surface area contributed by atoms with E-state index in [0.29, 0.717) is 29.4 Å². The molecule has 0 aromatic heterocycles. The van der Waals surface area contributed by atoms with Crippen LogP contribution in [0.5, 0.6) is 0 Å². The number of hydrogen-bond donors (Lipinski definition) is 1. The summed E-state index contributed by atoms with van der Waals surface area (Å²) in [5.41, 5.74) is 0. The van der Waals surface area contributed by atoms with Gasteiger partial charge in [-0.05, 0) is 25.3 Å². The van der Waals surface area contributed by atoms with Crippen LogP contribution in [0.15, 0.2) is 0 Å². The van der Waals surface area contributed by atoms with Crippen molar-refractivity contribution >= 4 is 9.84 Å². The lowest BCUT2D eigenvalue weighted by Gasteiger charge is -2.07. The molecule has 2 aliphatic rings. The molecule has 0 radical (unpaired) electrons. The SMILES string of the molecule is CNC1C2CCS(=O)(=O)CC21. The third-order valence-electron chi connectivity index (χ3n) is 2.87. The van der Waals surface area contributed by atoms with Gasteiger partial charge in [-0.1, -0.05) is 0 Å². The van der Waals surface area contributed by atoms with Gasteiger partial charge in [-0.25, -0.2) is 8.42 Å². The molecule has 3 nitrogen and oxygen atoms in total. The van der Waals surface area contributed by atoms with E-state index in [0.717, 1.165) is 6.42 Å². The van der Waals surface area contributed by atoms with Crippen LogP contribution in [-0.2, 0) is 9.84 Å². The molecule has 1 aliphatic heterocycles. The summed E-state index contributed by atoms with van der Waals surface area (Å²) < 4.78 is 22.2. The van der Waals surface area contributed by atoms with Crippen molar-refractivity contribution in [3.8, 4) is 0 Å². The fourth-order valence-electron chi connectivity index (χ4n) is 2.19. The molecular weight excluding hydrogens is 162 g/mol. The number of fused-ring (bicyclic) bond motifs is 1. The van der Waals surface area contributed by atoms with Crippen molar-refractivity contribution < 1.29 is 8.42 Å². The van der Waals surface area contributed by atoms with Gasteiger partial charge in [0.25, 0.3) is 0 Å². The molecule has 2 rings (SSSR count). The summed E-state index contributed by atoms with van der Waals surface area (Å²) in [6, 6.07) is 0.493. The summed E-state index contributed by atoms with van der Waals surface area (Å²) in [6.45, 7) is 0. The van der Waals surface area contributed by atoms with Crippen LogP contribution in [0.25, 0.3) is 0 Å². The average molecular weight is 175 g/mol. The highest BCUT2D eigenvalue weighted by Gasteiger charge is 2.53. The van der Waals surface area contributed by atoms with Crippen molar-refractivity contribution in [2.45, 2.75) is 12.5 Å². The normalized spacial score (nSPS) is 46.5. The van der Waals surface area contributed by atoms with Gasteiger partial charge in [0.05, 0.1) is 11.5 Å². The van der Waals surface area contributed by atoms with Gasteiger partial charge in [0, 0.05) is 6.04 Å². The van der Waals surface area contributed by atoms with Crippen molar-refractivity contribution in [3.05, 3.63) is 0 Å². The molecule has 0 spiro atoms. The number of rotatable bonds is 1. The summed E-state index contributed by atoms with van der Waals surface area (Å²) in [7, 11) is -0.761. The summed E-state index contributed by atoms with van der Waals surface area (Å²) in [5.74, 6) is 1.91. The first-order valence-corrected chi connectivity index (χ1v) is 5.84. The maximum absolute atomic E-state index is 11.1. The molecule has 1 heterocycles. The van der Waals surface area contributed by atoms with E-state index in [2.05, 4.69) is 5.32 Å². The fraction of sp³-hybridized carbons (Fsp3) is 1.00. The number of sulfone groups is 1.